The van der Waals surface area contributed by atoms with Crippen molar-refractivity contribution in [3.05, 3.63) is 50.6 Å². The molecule has 0 fully saturated rings. The van der Waals surface area contributed by atoms with Crippen molar-refractivity contribution in [2.45, 2.75) is 84.1 Å². The van der Waals surface area contributed by atoms with Crippen molar-refractivity contribution in [3.63, 3.8) is 0 Å². The molecule has 6 nitrogen and oxygen atoms in total. The molecule has 4 aromatic rings. The van der Waals surface area contributed by atoms with Crippen LogP contribution in [0.2, 0.25) is 0 Å². The molecule has 5 rings (SSSR count). The number of rotatable bonds is 9. The van der Waals surface area contributed by atoms with Crippen LogP contribution in [0.5, 0.6) is 0 Å². The van der Waals surface area contributed by atoms with Gasteiger partial charge in [-0.1, -0.05) is 75.9 Å². The highest BCUT2D eigenvalue weighted by atomic mass is 32.2. The fraction of sp³-hybridized carbons (Fsp3) is 0.519. The topological polar surface area (TPSA) is 61.4 Å². The van der Waals surface area contributed by atoms with Gasteiger partial charge in [0, 0.05) is 17.1 Å². The maximum atomic E-state index is 14.0. The molecule has 0 saturated carbocycles. The van der Waals surface area contributed by atoms with E-state index in [1.165, 1.54) is 25.7 Å². The van der Waals surface area contributed by atoms with E-state index >= 15 is 0 Å². The summed E-state index contributed by atoms with van der Waals surface area (Å²) in [4.78, 5) is 16.2. The summed E-state index contributed by atoms with van der Waals surface area (Å²) in [6.45, 7) is 9.22. The van der Waals surface area contributed by atoms with Crippen LogP contribution in [0.25, 0.3) is 21.7 Å². The number of fused-ring (bicyclic) bond motifs is 5. The van der Waals surface area contributed by atoms with E-state index in [0.717, 1.165) is 55.7 Å². The number of ether oxygens (including phenoxy) is 1. The molecule has 1 aliphatic rings. The van der Waals surface area contributed by atoms with E-state index in [4.69, 9.17) is 4.74 Å². The van der Waals surface area contributed by atoms with Gasteiger partial charge in [-0.15, -0.1) is 21.5 Å². The van der Waals surface area contributed by atoms with E-state index in [9.17, 15) is 4.79 Å². The molecule has 0 amide bonds. The zero-order chi connectivity index (χ0) is 24.5. The van der Waals surface area contributed by atoms with Gasteiger partial charge in [-0.3, -0.25) is 4.79 Å². The first-order chi connectivity index (χ1) is 17.0. The maximum absolute atomic E-state index is 14.0. The van der Waals surface area contributed by atoms with E-state index in [1.807, 2.05) is 24.3 Å². The summed E-state index contributed by atoms with van der Waals surface area (Å²) in [5.74, 6) is 1.98. The van der Waals surface area contributed by atoms with Gasteiger partial charge in [0.1, 0.15) is 4.83 Å². The van der Waals surface area contributed by atoms with Crippen LogP contribution in [0.15, 0.2) is 34.2 Å². The van der Waals surface area contributed by atoms with Crippen LogP contribution in [0.4, 0.5) is 0 Å². The monoisotopic (exact) mass is 510 g/mol. The smallest absolute Gasteiger partial charge is 0.268 e. The van der Waals surface area contributed by atoms with Gasteiger partial charge in [0.05, 0.1) is 23.8 Å². The summed E-state index contributed by atoms with van der Waals surface area (Å²) >= 11 is 3.41. The van der Waals surface area contributed by atoms with Crippen LogP contribution in [-0.4, -0.2) is 31.0 Å². The van der Waals surface area contributed by atoms with Crippen LogP contribution in [-0.2, 0) is 17.8 Å². The number of thiophene rings is 1. The number of aryl methyl sites for hydroxylation is 1. The number of thioether (sulfide) groups is 1. The van der Waals surface area contributed by atoms with Gasteiger partial charge in [0.15, 0.2) is 5.16 Å². The minimum absolute atomic E-state index is 0.0122. The molecule has 35 heavy (non-hydrogen) atoms. The van der Waals surface area contributed by atoms with E-state index in [1.54, 1.807) is 27.7 Å². The Balaban J connectivity index is 1.65. The summed E-state index contributed by atoms with van der Waals surface area (Å²) in [6, 6.07) is 8.07. The molecule has 0 spiro atoms. The van der Waals surface area contributed by atoms with Gasteiger partial charge >= 0.3 is 0 Å². The molecule has 3 aromatic heterocycles. The molecule has 4 heterocycles. The highest BCUT2D eigenvalue weighted by Crippen LogP contribution is 2.37. The third kappa shape index (κ3) is 4.68. The van der Waals surface area contributed by atoms with E-state index in [-0.39, 0.29) is 11.7 Å². The molecule has 8 heteroatoms. The number of hydrogen-bond donors (Lipinski definition) is 0. The quantitative estimate of drug-likeness (QED) is 0.188. The number of benzene rings is 1. The van der Waals surface area contributed by atoms with Gasteiger partial charge in [0.25, 0.3) is 5.56 Å². The maximum Gasteiger partial charge on any atom is 0.268 e. The molecule has 1 atom stereocenters. The van der Waals surface area contributed by atoms with Crippen molar-refractivity contribution in [2.75, 3.05) is 5.75 Å². The first-order valence-corrected chi connectivity index (χ1v) is 14.6. The van der Waals surface area contributed by atoms with Crippen molar-refractivity contribution >= 4 is 39.1 Å². The van der Waals surface area contributed by atoms with E-state index in [2.05, 4.69) is 42.3 Å². The summed E-state index contributed by atoms with van der Waals surface area (Å²) in [6.07, 6.45) is 7.12. The van der Waals surface area contributed by atoms with Gasteiger partial charge in [-0.05, 0) is 37.0 Å². The molecule has 186 valence electrons. The molecule has 0 N–H and O–H groups in total. The van der Waals surface area contributed by atoms with E-state index < -0.39 is 0 Å². The second kappa shape index (κ2) is 10.4. The molecule has 0 saturated heterocycles. The van der Waals surface area contributed by atoms with Crippen molar-refractivity contribution in [1.29, 1.82) is 0 Å². The molecule has 0 aliphatic carbocycles. The van der Waals surface area contributed by atoms with Gasteiger partial charge < -0.3 is 4.74 Å². The van der Waals surface area contributed by atoms with Crippen LogP contribution < -0.4 is 5.56 Å². The average molecular weight is 511 g/mol. The molecular formula is C27H34N4O2S2. The number of unbranched alkanes of at least 4 members (excludes halogenated alkanes) is 4. The van der Waals surface area contributed by atoms with Crippen LogP contribution in [0.3, 0.4) is 0 Å². The van der Waals surface area contributed by atoms with E-state index in [0.29, 0.717) is 18.3 Å². The summed E-state index contributed by atoms with van der Waals surface area (Å²) in [5, 5.41) is 10.8. The Morgan fingerprint density at radius 1 is 1.14 bits per heavy atom. The Morgan fingerprint density at radius 3 is 2.66 bits per heavy atom. The number of hydrogen-bond acceptors (Lipinski definition) is 6. The lowest BCUT2D eigenvalue weighted by Crippen LogP contribution is -2.28. The predicted octanol–water partition coefficient (Wildman–Crippen LogP) is 6.56. The van der Waals surface area contributed by atoms with Crippen molar-refractivity contribution in [3.8, 4) is 5.69 Å². The average Bonchev–Trinajstić information content (AvgIpc) is 3.43. The Morgan fingerprint density at radius 2 is 1.91 bits per heavy atom. The normalized spacial score (nSPS) is 16.0. The molecule has 0 radical (unpaired) electrons. The first kappa shape index (κ1) is 24.5. The lowest BCUT2D eigenvalue weighted by Gasteiger charge is -2.26. The lowest BCUT2D eigenvalue weighted by atomic mass is 9.96. The minimum Gasteiger partial charge on any atom is -0.372 e. The summed E-state index contributed by atoms with van der Waals surface area (Å²) in [5.41, 5.74) is 3.11. The summed E-state index contributed by atoms with van der Waals surface area (Å²) < 4.78 is 10.0. The van der Waals surface area contributed by atoms with Crippen LogP contribution in [0.1, 0.15) is 68.9 Å². The van der Waals surface area contributed by atoms with Crippen molar-refractivity contribution in [1.82, 2.24) is 19.2 Å². The highest BCUT2D eigenvalue weighted by molar-refractivity contribution is 7.99. The third-order valence-electron chi connectivity index (χ3n) is 6.86. The largest absolute Gasteiger partial charge is 0.372 e. The molecule has 1 aliphatic heterocycles. The predicted molar refractivity (Wildman–Crippen MR) is 145 cm³/mol. The zero-order valence-electron chi connectivity index (χ0n) is 21.0. The van der Waals surface area contributed by atoms with Crippen molar-refractivity contribution < 1.29 is 4.74 Å². The zero-order valence-corrected chi connectivity index (χ0v) is 22.7. The fourth-order valence-corrected chi connectivity index (χ4v) is 6.99. The van der Waals surface area contributed by atoms with Crippen LogP contribution in [0, 0.1) is 12.8 Å². The lowest BCUT2D eigenvalue weighted by molar-refractivity contribution is 0.00200. The Kier molecular flexibility index (Phi) is 7.32. The second-order valence-corrected chi connectivity index (χ2v) is 12.0. The molecular weight excluding hydrogens is 476 g/mol. The summed E-state index contributed by atoms with van der Waals surface area (Å²) in [7, 11) is 0. The van der Waals surface area contributed by atoms with Crippen molar-refractivity contribution in [2.24, 2.45) is 5.92 Å². The van der Waals surface area contributed by atoms with Gasteiger partial charge in [0.2, 0.25) is 5.78 Å². The number of nitrogens with zero attached hydrogens (tertiary/aromatic N) is 4. The second-order valence-electron chi connectivity index (χ2n) is 9.84. The fourth-order valence-electron chi connectivity index (χ4n) is 4.76. The Bertz CT molecular complexity index is 1380. The SMILES string of the molecule is CCCCCCCSc1nnc2n(-c3ccc(C)cc3)c(=O)c3c4c(sc3n12)CO[C@H](C(C)C)C4. The van der Waals surface area contributed by atoms with Gasteiger partial charge in [-0.2, -0.15) is 0 Å². The van der Waals surface area contributed by atoms with Gasteiger partial charge in [-0.25, -0.2) is 8.97 Å². The molecule has 1 aromatic carbocycles. The standard InChI is InChI=1S/C27H34N4O2S2/c1-5-6-7-8-9-14-34-27-29-28-26-30(19-12-10-18(4)11-13-19)24(32)23-20-15-21(17(2)3)33-16-22(20)35-25(23)31(26)27/h10-13,17,21H,5-9,14-16H2,1-4H3/t21-/m0/s1. The minimum atomic E-state index is -0.0122. The third-order valence-corrected chi connectivity index (χ3v) is 9.06. The first-order valence-electron chi connectivity index (χ1n) is 12.8. The Hall–Kier alpha value is -2.16. The molecule has 0 bridgehead atoms. The number of aromatic nitrogens is 4. The van der Waals surface area contributed by atoms with Crippen LogP contribution >= 0.6 is 23.1 Å². The Labute approximate surface area is 214 Å². The highest BCUT2D eigenvalue weighted by Gasteiger charge is 2.30. The molecule has 0 unspecified atom stereocenters.